The lowest BCUT2D eigenvalue weighted by molar-refractivity contribution is -0.124. The highest BCUT2D eigenvalue weighted by molar-refractivity contribution is 6.32. The fourth-order valence-corrected chi connectivity index (χ4v) is 4.24. The molecule has 0 radical (unpaired) electrons. The van der Waals surface area contributed by atoms with E-state index in [9.17, 15) is 9.59 Å². The lowest BCUT2D eigenvalue weighted by Gasteiger charge is -2.31. The lowest BCUT2D eigenvalue weighted by Crippen LogP contribution is -2.47. The number of benzene rings is 3. The van der Waals surface area contributed by atoms with Crippen LogP contribution < -0.4 is 15.4 Å². The Morgan fingerprint density at radius 3 is 2.24 bits per heavy atom. The lowest BCUT2D eigenvalue weighted by atomic mass is 10.1. The van der Waals surface area contributed by atoms with Gasteiger partial charge in [-0.25, -0.2) is 0 Å². The van der Waals surface area contributed by atoms with E-state index in [4.69, 9.17) is 16.3 Å². The number of rotatable bonds is 8. The van der Waals surface area contributed by atoms with Gasteiger partial charge in [0.15, 0.2) is 6.61 Å². The summed E-state index contributed by atoms with van der Waals surface area (Å²) in [6.45, 7) is 1.75. The first kappa shape index (κ1) is 23.8. The zero-order chi connectivity index (χ0) is 23.8. The predicted octanol–water partition coefficient (Wildman–Crippen LogP) is 4.61. The van der Waals surface area contributed by atoms with Crippen molar-refractivity contribution in [1.29, 1.82) is 0 Å². The van der Waals surface area contributed by atoms with Crippen molar-refractivity contribution in [1.82, 2.24) is 10.2 Å². The Balaban J connectivity index is 1.18. The summed E-state index contributed by atoms with van der Waals surface area (Å²) in [6.07, 6.45) is 1.58. The number of para-hydroxylation sites is 1. The van der Waals surface area contributed by atoms with Gasteiger partial charge in [-0.3, -0.25) is 14.5 Å². The number of anilines is 1. The van der Waals surface area contributed by atoms with Crippen LogP contribution in [0.3, 0.4) is 0 Å². The minimum absolute atomic E-state index is 0.0303. The van der Waals surface area contributed by atoms with Crippen LogP contribution in [-0.2, 0) is 9.59 Å². The Morgan fingerprint density at radius 1 is 0.882 bits per heavy atom. The number of carbonyl (C=O) groups excluding carboxylic acids is 2. The number of likely N-dealkylation sites (tertiary alicyclic amines) is 1. The van der Waals surface area contributed by atoms with Gasteiger partial charge in [-0.2, -0.15) is 0 Å². The molecule has 2 N–H and O–H groups in total. The van der Waals surface area contributed by atoms with Crippen LogP contribution in [0, 0.1) is 0 Å². The molecule has 1 fully saturated rings. The highest BCUT2D eigenvalue weighted by Crippen LogP contribution is 2.30. The smallest absolute Gasteiger partial charge is 0.258 e. The maximum absolute atomic E-state index is 12.4. The Bertz CT molecular complexity index is 1100. The Morgan fingerprint density at radius 2 is 1.56 bits per heavy atom. The molecule has 4 rings (SSSR count). The first-order valence-electron chi connectivity index (χ1n) is 11.4. The van der Waals surface area contributed by atoms with Crippen molar-refractivity contribution < 1.29 is 14.3 Å². The van der Waals surface area contributed by atoms with Crippen LogP contribution in [0.5, 0.6) is 5.75 Å². The van der Waals surface area contributed by atoms with Gasteiger partial charge in [0.1, 0.15) is 5.75 Å². The Hall–Kier alpha value is -3.35. The quantitative estimate of drug-likeness (QED) is 0.497. The third-order valence-corrected chi connectivity index (χ3v) is 6.07. The molecule has 176 valence electrons. The van der Waals surface area contributed by atoms with Crippen LogP contribution in [0.25, 0.3) is 11.1 Å². The van der Waals surface area contributed by atoms with E-state index in [0.29, 0.717) is 17.3 Å². The van der Waals surface area contributed by atoms with E-state index >= 15 is 0 Å². The number of halogens is 1. The van der Waals surface area contributed by atoms with Gasteiger partial charge < -0.3 is 15.4 Å². The third kappa shape index (κ3) is 6.83. The van der Waals surface area contributed by atoms with E-state index in [2.05, 4.69) is 15.5 Å². The zero-order valence-corrected chi connectivity index (χ0v) is 19.6. The summed E-state index contributed by atoms with van der Waals surface area (Å²) < 4.78 is 5.65. The molecule has 0 bridgehead atoms. The van der Waals surface area contributed by atoms with E-state index < -0.39 is 0 Å². The van der Waals surface area contributed by atoms with Crippen LogP contribution in [-0.4, -0.2) is 49.0 Å². The van der Waals surface area contributed by atoms with Crippen molar-refractivity contribution in [3.63, 3.8) is 0 Å². The molecule has 1 heterocycles. The van der Waals surface area contributed by atoms with E-state index in [1.54, 1.807) is 6.07 Å². The number of hydrogen-bond donors (Lipinski definition) is 2. The fourth-order valence-electron chi connectivity index (χ4n) is 4.00. The topological polar surface area (TPSA) is 70.7 Å². The maximum Gasteiger partial charge on any atom is 0.258 e. The highest BCUT2D eigenvalue weighted by atomic mass is 35.5. The number of nitrogens with one attached hydrogen (secondary N) is 2. The SMILES string of the molecule is O=C(CN1CCC(NC(=O)COc2ccc(-c3ccccc3)cc2Cl)CC1)Nc1ccccc1. The van der Waals surface area contributed by atoms with Gasteiger partial charge >= 0.3 is 0 Å². The molecular weight excluding hydrogens is 450 g/mol. The van der Waals surface area contributed by atoms with Crippen molar-refractivity contribution in [2.75, 3.05) is 31.6 Å². The Kier molecular flexibility index (Phi) is 8.17. The molecule has 3 aromatic rings. The summed E-state index contributed by atoms with van der Waals surface area (Å²) in [5.41, 5.74) is 2.86. The maximum atomic E-state index is 12.4. The molecule has 34 heavy (non-hydrogen) atoms. The van der Waals surface area contributed by atoms with Gasteiger partial charge in [-0.05, 0) is 48.2 Å². The molecule has 3 aromatic carbocycles. The summed E-state index contributed by atoms with van der Waals surface area (Å²) in [5, 5.41) is 6.40. The minimum Gasteiger partial charge on any atom is -0.482 e. The zero-order valence-electron chi connectivity index (χ0n) is 18.9. The van der Waals surface area contributed by atoms with Gasteiger partial charge in [0, 0.05) is 24.8 Å². The Labute approximate surface area is 204 Å². The van der Waals surface area contributed by atoms with Gasteiger partial charge in [0.05, 0.1) is 11.6 Å². The van der Waals surface area contributed by atoms with Gasteiger partial charge in [-0.15, -0.1) is 0 Å². The average molecular weight is 478 g/mol. The minimum atomic E-state index is -0.177. The second kappa shape index (κ2) is 11.7. The van der Waals surface area contributed by atoms with Crippen molar-refractivity contribution in [3.05, 3.63) is 83.9 Å². The highest BCUT2D eigenvalue weighted by Gasteiger charge is 2.22. The van der Waals surface area contributed by atoms with E-state index in [1.165, 1.54) is 0 Å². The van der Waals surface area contributed by atoms with Crippen LogP contribution in [0.1, 0.15) is 12.8 Å². The number of ether oxygens (including phenoxy) is 1. The summed E-state index contributed by atoms with van der Waals surface area (Å²) in [7, 11) is 0. The molecule has 0 aromatic heterocycles. The molecule has 0 aliphatic carbocycles. The molecule has 6 nitrogen and oxygen atoms in total. The molecule has 0 spiro atoms. The van der Waals surface area contributed by atoms with Crippen molar-refractivity contribution in [3.8, 4) is 16.9 Å². The number of nitrogens with zero attached hydrogens (tertiary/aromatic N) is 1. The molecule has 0 atom stereocenters. The third-order valence-electron chi connectivity index (χ3n) is 5.78. The van der Waals surface area contributed by atoms with E-state index in [-0.39, 0.29) is 24.5 Å². The summed E-state index contributed by atoms with van der Waals surface area (Å²) in [6, 6.07) is 25.0. The van der Waals surface area contributed by atoms with E-state index in [0.717, 1.165) is 42.7 Å². The van der Waals surface area contributed by atoms with E-state index in [1.807, 2.05) is 72.8 Å². The standard InChI is InChI=1S/C27H28ClN3O3/c28-24-17-21(20-7-3-1-4-8-20)11-12-25(24)34-19-27(33)30-23-13-15-31(16-14-23)18-26(32)29-22-9-5-2-6-10-22/h1-12,17,23H,13-16,18-19H2,(H,29,32)(H,30,33). The number of piperidine rings is 1. The second-order valence-electron chi connectivity index (χ2n) is 8.33. The normalized spacial score (nSPS) is 14.4. The molecule has 7 heteroatoms. The van der Waals surface area contributed by atoms with Crippen LogP contribution in [0.4, 0.5) is 5.69 Å². The molecule has 1 aliphatic heterocycles. The molecule has 0 saturated carbocycles. The molecule has 1 saturated heterocycles. The van der Waals surface area contributed by atoms with Gasteiger partial charge in [0.25, 0.3) is 5.91 Å². The summed E-state index contributed by atoms with van der Waals surface area (Å²) >= 11 is 6.37. The number of hydrogen-bond acceptors (Lipinski definition) is 4. The summed E-state index contributed by atoms with van der Waals surface area (Å²) in [4.78, 5) is 26.7. The molecular formula is C27H28ClN3O3. The van der Waals surface area contributed by atoms with Crippen LogP contribution in [0.2, 0.25) is 5.02 Å². The summed E-state index contributed by atoms with van der Waals surface area (Å²) in [5.74, 6) is 0.275. The fraction of sp³-hybridized carbons (Fsp3) is 0.259. The molecule has 0 unspecified atom stereocenters. The number of amides is 2. The van der Waals surface area contributed by atoms with Crippen molar-refractivity contribution in [2.24, 2.45) is 0 Å². The average Bonchev–Trinajstić information content (AvgIpc) is 2.85. The van der Waals surface area contributed by atoms with Crippen LogP contribution >= 0.6 is 11.6 Å². The second-order valence-corrected chi connectivity index (χ2v) is 8.74. The first-order chi connectivity index (χ1) is 16.6. The predicted molar refractivity (Wildman–Crippen MR) is 135 cm³/mol. The largest absolute Gasteiger partial charge is 0.482 e. The van der Waals surface area contributed by atoms with Crippen molar-refractivity contribution >= 4 is 29.1 Å². The van der Waals surface area contributed by atoms with Gasteiger partial charge in [-0.1, -0.05) is 66.2 Å². The molecule has 1 aliphatic rings. The van der Waals surface area contributed by atoms with Gasteiger partial charge in [0.2, 0.25) is 5.91 Å². The first-order valence-corrected chi connectivity index (χ1v) is 11.8. The number of carbonyl (C=O) groups is 2. The van der Waals surface area contributed by atoms with Crippen LogP contribution in [0.15, 0.2) is 78.9 Å². The monoisotopic (exact) mass is 477 g/mol. The molecule has 2 amide bonds. The van der Waals surface area contributed by atoms with Crippen molar-refractivity contribution in [2.45, 2.75) is 18.9 Å².